The van der Waals surface area contributed by atoms with Gasteiger partial charge in [-0.3, -0.25) is 4.57 Å². The van der Waals surface area contributed by atoms with Gasteiger partial charge in [-0.2, -0.15) is 0 Å². The summed E-state index contributed by atoms with van der Waals surface area (Å²) >= 11 is 12.1. The number of hydrogen-bond donors (Lipinski definition) is 0. The maximum Gasteiger partial charge on any atom is 0.150 e. The number of rotatable bonds is 2. The van der Waals surface area contributed by atoms with E-state index in [0.717, 1.165) is 0 Å². The molecule has 21 heavy (non-hydrogen) atoms. The van der Waals surface area contributed by atoms with Gasteiger partial charge in [-0.25, -0.2) is 13.8 Å². The van der Waals surface area contributed by atoms with E-state index in [1.807, 2.05) is 0 Å². The number of halogens is 4. The maximum atomic E-state index is 14.1. The zero-order valence-corrected chi connectivity index (χ0v) is 12.5. The molecule has 0 saturated carbocycles. The Labute approximate surface area is 129 Å². The highest BCUT2D eigenvalue weighted by Crippen LogP contribution is 2.31. The first kappa shape index (κ1) is 14.3. The van der Waals surface area contributed by atoms with Crippen LogP contribution < -0.4 is 0 Å². The van der Waals surface area contributed by atoms with E-state index >= 15 is 0 Å². The van der Waals surface area contributed by atoms with Crippen molar-refractivity contribution in [2.75, 3.05) is 0 Å². The third-order valence-corrected chi connectivity index (χ3v) is 3.59. The van der Waals surface area contributed by atoms with Gasteiger partial charge in [0.15, 0.2) is 0 Å². The van der Waals surface area contributed by atoms with Crippen molar-refractivity contribution < 1.29 is 8.78 Å². The number of fused-ring (bicyclic) bond motifs is 1. The quantitative estimate of drug-likeness (QED) is 0.587. The van der Waals surface area contributed by atoms with Gasteiger partial charge in [0.25, 0.3) is 0 Å². The van der Waals surface area contributed by atoms with Crippen LogP contribution in [0.2, 0.25) is 5.02 Å². The molecule has 2 aromatic carbocycles. The van der Waals surface area contributed by atoms with Crippen LogP contribution in [-0.2, 0) is 0 Å². The van der Waals surface area contributed by atoms with Gasteiger partial charge in [0.2, 0.25) is 0 Å². The summed E-state index contributed by atoms with van der Waals surface area (Å²) in [6, 6.07) is 8.65. The van der Waals surface area contributed by atoms with Crippen LogP contribution in [0.5, 0.6) is 0 Å². The minimum absolute atomic E-state index is 0.190. The van der Waals surface area contributed by atoms with Crippen molar-refractivity contribution >= 4 is 34.2 Å². The predicted molar refractivity (Wildman–Crippen MR) is 80.3 cm³/mol. The van der Waals surface area contributed by atoms with Crippen molar-refractivity contribution in [1.29, 1.82) is 0 Å². The van der Waals surface area contributed by atoms with Gasteiger partial charge in [0.1, 0.15) is 23.1 Å². The van der Waals surface area contributed by atoms with E-state index in [4.69, 9.17) is 23.2 Å². The van der Waals surface area contributed by atoms with Gasteiger partial charge in [0.05, 0.1) is 16.4 Å². The van der Waals surface area contributed by atoms with E-state index in [2.05, 4.69) is 4.98 Å². The van der Waals surface area contributed by atoms with E-state index in [1.165, 1.54) is 22.8 Å². The minimum Gasteiger partial charge on any atom is -0.290 e. The molecule has 3 aromatic rings. The average Bonchev–Trinajstić information content (AvgIpc) is 2.77. The van der Waals surface area contributed by atoms with Crippen LogP contribution in [0.4, 0.5) is 8.78 Å². The summed E-state index contributed by atoms with van der Waals surface area (Å²) in [6.45, 7) is 1.69. The Bertz CT molecular complexity index is 808. The van der Waals surface area contributed by atoms with Crippen LogP contribution in [0, 0.1) is 11.6 Å². The lowest BCUT2D eigenvalue weighted by molar-refractivity contribution is 0.567. The van der Waals surface area contributed by atoms with Crippen molar-refractivity contribution in [2.24, 2.45) is 0 Å². The second-order valence-corrected chi connectivity index (χ2v) is 5.72. The van der Waals surface area contributed by atoms with Crippen molar-refractivity contribution in [3.8, 4) is 5.69 Å². The molecule has 1 heterocycles. The molecule has 0 saturated heterocycles. The van der Waals surface area contributed by atoms with Gasteiger partial charge >= 0.3 is 0 Å². The van der Waals surface area contributed by atoms with Crippen molar-refractivity contribution in [2.45, 2.75) is 12.3 Å². The molecule has 0 aliphatic carbocycles. The monoisotopic (exact) mass is 326 g/mol. The summed E-state index contributed by atoms with van der Waals surface area (Å²) in [5.74, 6) is -0.997. The predicted octanol–water partition coefficient (Wildman–Crippen LogP) is 5.26. The fraction of sp³-hybridized carbons (Fsp3) is 0.133. The zero-order chi connectivity index (χ0) is 15.1. The van der Waals surface area contributed by atoms with Gasteiger partial charge in [-0.15, -0.1) is 11.6 Å². The molecule has 0 aliphatic rings. The lowest BCUT2D eigenvalue weighted by atomic mass is 10.2. The van der Waals surface area contributed by atoms with Crippen molar-refractivity contribution in [3.05, 3.63) is 58.9 Å². The molecular weight excluding hydrogens is 317 g/mol. The third kappa shape index (κ3) is 2.39. The topological polar surface area (TPSA) is 17.8 Å². The molecule has 1 aromatic heterocycles. The van der Waals surface area contributed by atoms with Crippen LogP contribution in [0.25, 0.3) is 16.7 Å². The Balaban J connectivity index is 2.42. The SMILES string of the molecule is CC(Cl)c1nc2cc(Cl)ccc2n1-c1c(F)cccc1F. The molecule has 6 heteroatoms. The van der Waals surface area contributed by atoms with Gasteiger partial charge in [-0.05, 0) is 37.3 Å². The lowest BCUT2D eigenvalue weighted by Gasteiger charge is -2.12. The van der Waals surface area contributed by atoms with Crippen molar-refractivity contribution in [3.63, 3.8) is 0 Å². The molecule has 0 fully saturated rings. The number of aromatic nitrogens is 2. The Morgan fingerprint density at radius 3 is 2.43 bits per heavy atom. The molecule has 0 spiro atoms. The summed E-state index contributed by atoms with van der Waals surface area (Å²) in [5, 5.41) is -0.0230. The first-order valence-corrected chi connectivity index (χ1v) is 7.07. The summed E-state index contributed by atoms with van der Waals surface area (Å²) in [5.41, 5.74) is 0.892. The number of nitrogens with zero attached hydrogens (tertiary/aromatic N) is 2. The molecule has 0 bridgehead atoms. The third-order valence-electron chi connectivity index (χ3n) is 3.16. The first-order chi connectivity index (χ1) is 9.99. The van der Waals surface area contributed by atoms with Crippen LogP contribution in [0.15, 0.2) is 36.4 Å². The normalized spacial score (nSPS) is 12.8. The minimum atomic E-state index is -0.678. The van der Waals surface area contributed by atoms with E-state index < -0.39 is 17.0 Å². The largest absolute Gasteiger partial charge is 0.290 e. The van der Waals surface area contributed by atoms with Crippen LogP contribution in [-0.4, -0.2) is 9.55 Å². The Hall–Kier alpha value is -1.65. The van der Waals surface area contributed by atoms with Crippen molar-refractivity contribution in [1.82, 2.24) is 9.55 Å². The molecular formula is C15H10Cl2F2N2. The fourth-order valence-corrected chi connectivity index (χ4v) is 2.59. The van der Waals surface area contributed by atoms with E-state index in [9.17, 15) is 8.78 Å². The van der Waals surface area contributed by atoms with Gasteiger partial charge < -0.3 is 0 Å². The van der Waals surface area contributed by atoms with Crippen LogP contribution >= 0.6 is 23.2 Å². The fourth-order valence-electron chi connectivity index (χ4n) is 2.28. The second-order valence-electron chi connectivity index (χ2n) is 4.62. The van der Waals surface area contributed by atoms with Crippen LogP contribution in [0.3, 0.4) is 0 Å². The smallest absolute Gasteiger partial charge is 0.150 e. The Morgan fingerprint density at radius 1 is 1.14 bits per heavy atom. The second kappa shape index (κ2) is 5.28. The molecule has 1 atom stereocenters. The standard InChI is InChI=1S/C15H10Cl2F2N2/c1-8(16)15-20-12-7-9(17)5-6-13(12)21(15)14-10(18)3-2-4-11(14)19/h2-8H,1H3. The van der Waals surface area contributed by atoms with Gasteiger partial charge in [-0.1, -0.05) is 17.7 Å². The lowest BCUT2D eigenvalue weighted by Crippen LogP contribution is -2.06. The van der Waals surface area contributed by atoms with Crippen LogP contribution in [0.1, 0.15) is 18.1 Å². The van der Waals surface area contributed by atoms with E-state index in [0.29, 0.717) is 21.9 Å². The molecule has 0 aliphatic heterocycles. The number of hydrogen-bond acceptors (Lipinski definition) is 1. The molecule has 3 rings (SSSR count). The van der Waals surface area contributed by atoms with E-state index in [1.54, 1.807) is 25.1 Å². The highest BCUT2D eigenvalue weighted by atomic mass is 35.5. The summed E-state index contributed by atoms with van der Waals surface area (Å²) in [4.78, 5) is 4.34. The molecule has 1 unspecified atom stereocenters. The van der Waals surface area contributed by atoms with E-state index in [-0.39, 0.29) is 5.69 Å². The maximum absolute atomic E-state index is 14.1. The van der Waals surface area contributed by atoms with Gasteiger partial charge in [0, 0.05) is 5.02 Å². The number of benzene rings is 2. The number of alkyl halides is 1. The molecule has 0 N–H and O–H groups in total. The molecule has 108 valence electrons. The highest BCUT2D eigenvalue weighted by molar-refractivity contribution is 6.31. The highest BCUT2D eigenvalue weighted by Gasteiger charge is 2.21. The molecule has 0 radical (unpaired) electrons. The Kier molecular flexibility index (Phi) is 3.59. The number of para-hydroxylation sites is 1. The average molecular weight is 327 g/mol. The Morgan fingerprint density at radius 2 is 1.81 bits per heavy atom. The number of imidazole rings is 1. The molecule has 0 amide bonds. The zero-order valence-electron chi connectivity index (χ0n) is 10.9. The summed E-state index contributed by atoms with van der Waals surface area (Å²) < 4.78 is 29.6. The summed E-state index contributed by atoms with van der Waals surface area (Å²) in [6.07, 6.45) is 0. The molecule has 2 nitrogen and oxygen atoms in total. The summed E-state index contributed by atoms with van der Waals surface area (Å²) in [7, 11) is 0. The first-order valence-electron chi connectivity index (χ1n) is 6.25.